The molecule has 1 aromatic carbocycles. The minimum Gasteiger partial charge on any atom is -0.504 e. The van der Waals surface area contributed by atoms with Gasteiger partial charge in [-0.05, 0) is 18.6 Å². The molecule has 0 amide bonds. The third kappa shape index (κ3) is 1.89. The highest BCUT2D eigenvalue weighted by molar-refractivity contribution is 6.35. The average molecular weight is 255 g/mol. The Bertz CT molecular complexity index is 566. The quantitative estimate of drug-likeness (QED) is 0.861. The van der Waals surface area contributed by atoms with Crippen LogP contribution >= 0.6 is 11.6 Å². The molecule has 0 bridgehead atoms. The number of nitrogens with two attached hydrogens (primary N) is 1. The first kappa shape index (κ1) is 11.6. The van der Waals surface area contributed by atoms with Gasteiger partial charge in [0.05, 0.1) is 12.1 Å². The van der Waals surface area contributed by atoms with Gasteiger partial charge in [-0.3, -0.25) is 0 Å². The number of aryl methyl sites for hydroxylation is 1. The Morgan fingerprint density at radius 2 is 2.18 bits per heavy atom. The number of nitrogens with zero attached hydrogens (tertiary/aromatic N) is 1. The van der Waals surface area contributed by atoms with Gasteiger partial charge < -0.3 is 20.1 Å². The molecule has 0 aliphatic heterocycles. The second-order valence-electron chi connectivity index (χ2n) is 3.55. The van der Waals surface area contributed by atoms with E-state index in [1.807, 2.05) is 0 Å². The van der Waals surface area contributed by atoms with Crippen molar-refractivity contribution in [1.82, 2.24) is 5.16 Å². The number of rotatable bonds is 2. The Labute approximate surface area is 103 Å². The third-order valence-corrected chi connectivity index (χ3v) is 2.74. The summed E-state index contributed by atoms with van der Waals surface area (Å²) >= 11 is 6.15. The van der Waals surface area contributed by atoms with Crippen LogP contribution in [0.4, 0.5) is 5.82 Å². The van der Waals surface area contributed by atoms with E-state index < -0.39 is 0 Å². The number of hydrogen-bond donors (Lipinski definition) is 2. The fraction of sp³-hybridized carbons (Fsp3) is 0.182. The van der Waals surface area contributed by atoms with Gasteiger partial charge in [-0.15, -0.1) is 0 Å². The predicted molar refractivity (Wildman–Crippen MR) is 64.3 cm³/mol. The number of methoxy groups -OCH3 is 1. The average Bonchev–Trinajstić information content (AvgIpc) is 2.64. The van der Waals surface area contributed by atoms with Crippen molar-refractivity contribution in [1.29, 1.82) is 0 Å². The number of aromatic nitrogens is 1. The van der Waals surface area contributed by atoms with E-state index in [2.05, 4.69) is 5.16 Å². The lowest BCUT2D eigenvalue weighted by Gasteiger charge is -2.11. The zero-order valence-corrected chi connectivity index (χ0v) is 10.1. The number of halogens is 1. The topological polar surface area (TPSA) is 81.5 Å². The molecule has 0 saturated heterocycles. The van der Waals surface area contributed by atoms with Crippen LogP contribution < -0.4 is 10.5 Å². The number of phenols is 1. The van der Waals surface area contributed by atoms with Crippen LogP contribution in [0.2, 0.25) is 5.02 Å². The van der Waals surface area contributed by atoms with Crippen molar-refractivity contribution in [2.24, 2.45) is 0 Å². The normalized spacial score (nSPS) is 10.5. The van der Waals surface area contributed by atoms with Crippen LogP contribution in [-0.2, 0) is 0 Å². The lowest BCUT2D eigenvalue weighted by atomic mass is 10.1. The number of hydrogen-bond acceptors (Lipinski definition) is 5. The summed E-state index contributed by atoms with van der Waals surface area (Å²) in [6.45, 7) is 1.79. The number of ether oxygens (including phenoxy) is 1. The molecule has 0 saturated carbocycles. The molecular formula is C11H11ClN2O3. The van der Waals surface area contributed by atoms with Gasteiger partial charge in [-0.2, -0.15) is 0 Å². The summed E-state index contributed by atoms with van der Waals surface area (Å²) < 4.78 is 10.1. The standard InChI is InChI=1S/C11H11ClN2O3/c1-5-3-6(15)11(16-2)10(12)9(5)7-4-8(13)14-17-7/h3-4,15H,1-2H3,(H2,13,14). The summed E-state index contributed by atoms with van der Waals surface area (Å²) in [5.74, 6) is 0.874. The molecule has 1 heterocycles. The van der Waals surface area contributed by atoms with Crippen LogP contribution in [0.25, 0.3) is 11.3 Å². The Morgan fingerprint density at radius 3 is 2.71 bits per heavy atom. The van der Waals surface area contributed by atoms with Gasteiger partial charge >= 0.3 is 0 Å². The highest BCUT2D eigenvalue weighted by Crippen LogP contribution is 2.43. The molecule has 6 heteroatoms. The van der Waals surface area contributed by atoms with E-state index in [4.69, 9.17) is 26.6 Å². The molecule has 5 nitrogen and oxygen atoms in total. The van der Waals surface area contributed by atoms with Gasteiger partial charge in [0.15, 0.2) is 23.1 Å². The Hall–Kier alpha value is -1.88. The maximum Gasteiger partial charge on any atom is 0.179 e. The van der Waals surface area contributed by atoms with Crippen molar-refractivity contribution in [3.63, 3.8) is 0 Å². The second kappa shape index (κ2) is 4.18. The van der Waals surface area contributed by atoms with Gasteiger partial charge in [-0.25, -0.2) is 0 Å². The fourth-order valence-corrected chi connectivity index (χ4v) is 2.06. The highest BCUT2D eigenvalue weighted by Gasteiger charge is 2.19. The van der Waals surface area contributed by atoms with E-state index in [1.165, 1.54) is 7.11 Å². The molecule has 0 radical (unpaired) electrons. The van der Waals surface area contributed by atoms with Crippen molar-refractivity contribution in [3.8, 4) is 22.8 Å². The smallest absolute Gasteiger partial charge is 0.179 e. The van der Waals surface area contributed by atoms with E-state index in [0.29, 0.717) is 11.3 Å². The second-order valence-corrected chi connectivity index (χ2v) is 3.93. The molecule has 0 atom stereocenters. The summed E-state index contributed by atoms with van der Waals surface area (Å²) in [6.07, 6.45) is 0. The van der Waals surface area contributed by atoms with Gasteiger partial charge in [0.25, 0.3) is 0 Å². The lowest BCUT2D eigenvalue weighted by molar-refractivity contribution is 0.373. The zero-order chi connectivity index (χ0) is 12.6. The van der Waals surface area contributed by atoms with E-state index in [9.17, 15) is 5.11 Å². The summed E-state index contributed by atoms with van der Waals surface area (Å²) in [5.41, 5.74) is 6.83. The molecule has 0 aliphatic rings. The van der Waals surface area contributed by atoms with Crippen LogP contribution in [0.15, 0.2) is 16.7 Å². The monoisotopic (exact) mass is 254 g/mol. The number of nitrogen functional groups attached to an aromatic ring is 1. The van der Waals surface area contributed by atoms with Gasteiger partial charge in [0, 0.05) is 11.6 Å². The van der Waals surface area contributed by atoms with E-state index in [1.54, 1.807) is 19.1 Å². The summed E-state index contributed by atoms with van der Waals surface area (Å²) in [7, 11) is 1.43. The maximum atomic E-state index is 9.67. The first-order valence-electron chi connectivity index (χ1n) is 4.83. The molecule has 0 fully saturated rings. The van der Waals surface area contributed by atoms with Crippen molar-refractivity contribution in [3.05, 3.63) is 22.7 Å². The Morgan fingerprint density at radius 1 is 1.47 bits per heavy atom. The van der Waals surface area contributed by atoms with Crippen LogP contribution in [0.3, 0.4) is 0 Å². The minimum atomic E-state index is -0.0220. The first-order valence-corrected chi connectivity index (χ1v) is 5.21. The Balaban J connectivity index is 2.69. The molecule has 2 aromatic rings. The first-order chi connectivity index (χ1) is 8.04. The largest absolute Gasteiger partial charge is 0.504 e. The van der Waals surface area contributed by atoms with Crippen molar-refractivity contribution < 1.29 is 14.4 Å². The van der Waals surface area contributed by atoms with Gasteiger partial charge in [0.2, 0.25) is 0 Å². The van der Waals surface area contributed by atoms with Gasteiger partial charge in [0.1, 0.15) is 0 Å². The molecule has 3 N–H and O–H groups in total. The minimum absolute atomic E-state index is 0.0220. The molecule has 2 rings (SSSR count). The van der Waals surface area contributed by atoms with E-state index in [-0.39, 0.29) is 22.3 Å². The molecule has 0 aliphatic carbocycles. The van der Waals surface area contributed by atoms with Crippen LogP contribution in [-0.4, -0.2) is 17.4 Å². The molecule has 0 spiro atoms. The number of aromatic hydroxyl groups is 1. The zero-order valence-electron chi connectivity index (χ0n) is 9.32. The summed E-state index contributed by atoms with van der Waals surface area (Å²) in [5, 5.41) is 13.5. The molecule has 90 valence electrons. The summed E-state index contributed by atoms with van der Waals surface area (Å²) in [4.78, 5) is 0. The van der Waals surface area contributed by atoms with Crippen LogP contribution in [0, 0.1) is 6.92 Å². The molecule has 0 unspecified atom stereocenters. The molecule has 1 aromatic heterocycles. The van der Waals surface area contributed by atoms with Gasteiger partial charge in [-0.1, -0.05) is 16.8 Å². The maximum absolute atomic E-state index is 9.67. The van der Waals surface area contributed by atoms with Crippen LogP contribution in [0.1, 0.15) is 5.56 Å². The lowest BCUT2D eigenvalue weighted by Crippen LogP contribution is -1.90. The predicted octanol–water partition coefficient (Wildman–Crippen LogP) is 2.60. The van der Waals surface area contributed by atoms with Crippen molar-refractivity contribution in [2.45, 2.75) is 6.92 Å². The SMILES string of the molecule is COc1c(O)cc(C)c(-c2cc(N)no2)c1Cl. The van der Waals surface area contributed by atoms with E-state index in [0.717, 1.165) is 5.56 Å². The van der Waals surface area contributed by atoms with Crippen LogP contribution in [0.5, 0.6) is 11.5 Å². The molecular weight excluding hydrogens is 244 g/mol. The Kier molecular flexibility index (Phi) is 2.85. The van der Waals surface area contributed by atoms with Crippen molar-refractivity contribution >= 4 is 17.4 Å². The highest BCUT2D eigenvalue weighted by atomic mass is 35.5. The number of anilines is 1. The number of benzene rings is 1. The molecule has 17 heavy (non-hydrogen) atoms. The summed E-state index contributed by atoms with van der Waals surface area (Å²) in [6, 6.07) is 3.10. The number of phenolic OH excluding ortho intramolecular Hbond substituents is 1. The van der Waals surface area contributed by atoms with E-state index >= 15 is 0 Å². The third-order valence-electron chi connectivity index (χ3n) is 2.38. The fourth-order valence-electron chi connectivity index (χ4n) is 1.65. The van der Waals surface area contributed by atoms with Crippen molar-refractivity contribution in [2.75, 3.05) is 12.8 Å².